The third-order valence-electron chi connectivity index (χ3n) is 10.1. The van der Waals surface area contributed by atoms with Crippen LogP contribution in [0.15, 0.2) is 24.3 Å². The molecule has 0 aromatic heterocycles. The van der Waals surface area contributed by atoms with E-state index in [0.717, 1.165) is 69.8 Å². The van der Waals surface area contributed by atoms with Crippen molar-refractivity contribution in [1.82, 2.24) is 14.9 Å². The Kier molecular flexibility index (Phi) is 10.4. The maximum Gasteiger partial charge on any atom is 0.237 e. The second-order valence-corrected chi connectivity index (χ2v) is 15.6. The van der Waals surface area contributed by atoms with Crippen molar-refractivity contribution in [2.45, 2.75) is 120 Å². The third-order valence-corrected chi connectivity index (χ3v) is 12.3. The number of benzene rings is 1. The van der Waals surface area contributed by atoms with E-state index in [0.29, 0.717) is 24.0 Å². The maximum absolute atomic E-state index is 13.8. The summed E-state index contributed by atoms with van der Waals surface area (Å²) in [4.78, 5) is 13.8. The van der Waals surface area contributed by atoms with Gasteiger partial charge in [0.1, 0.15) is 0 Å². The fourth-order valence-electron chi connectivity index (χ4n) is 8.04. The minimum Gasteiger partial charge on any atom is -0.376 e. The predicted molar refractivity (Wildman–Crippen MR) is 163 cm³/mol. The zero-order valence-electron chi connectivity index (χ0n) is 24.6. The summed E-state index contributed by atoms with van der Waals surface area (Å²) in [5.41, 5.74) is 7.89. The Hall–Kier alpha value is -1.23. The first-order chi connectivity index (χ1) is 19.6. The highest BCUT2D eigenvalue weighted by Gasteiger charge is 2.40. The smallest absolute Gasteiger partial charge is 0.237 e. The molecule has 3 saturated heterocycles. The quantitative estimate of drug-likeness (QED) is 0.408. The highest BCUT2D eigenvalue weighted by atomic mass is 35.5. The summed E-state index contributed by atoms with van der Waals surface area (Å²) < 4.78 is 33.7. The Morgan fingerprint density at radius 1 is 1.10 bits per heavy atom. The number of nitrogens with zero attached hydrogens (tertiary/aromatic N) is 1. The number of piperazine rings is 1. The fourth-order valence-corrected chi connectivity index (χ4v) is 9.98. The molecule has 4 unspecified atom stereocenters. The van der Waals surface area contributed by atoms with Gasteiger partial charge in [0.25, 0.3) is 0 Å². The summed E-state index contributed by atoms with van der Waals surface area (Å²) >= 11 is 6.20. The van der Waals surface area contributed by atoms with Crippen LogP contribution in [0.5, 0.6) is 0 Å². The van der Waals surface area contributed by atoms with Gasteiger partial charge < -0.3 is 21.1 Å². The first kappa shape index (κ1) is 31.2. The van der Waals surface area contributed by atoms with E-state index in [1.165, 1.54) is 0 Å². The summed E-state index contributed by atoms with van der Waals surface area (Å²) in [5, 5.41) is 7.63. The number of rotatable bonds is 8. The zero-order chi connectivity index (χ0) is 29.1. The molecule has 41 heavy (non-hydrogen) atoms. The van der Waals surface area contributed by atoms with E-state index in [-0.39, 0.29) is 53.8 Å². The third kappa shape index (κ3) is 7.65. The van der Waals surface area contributed by atoms with Gasteiger partial charge in [-0.05, 0) is 94.7 Å². The van der Waals surface area contributed by atoms with Crippen molar-refractivity contribution >= 4 is 27.5 Å². The number of carbonyl (C=O) groups excluding carboxylic acids is 1. The molecule has 3 aliphatic heterocycles. The van der Waals surface area contributed by atoms with Crippen LogP contribution >= 0.6 is 11.6 Å². The average molecular weight is 609 g/mol. The van der Waals surface area contributed by atoms with E-state index in [1.807, 2.05) is 24.3 Å². The first-order valence-electron chi connectivity index (χ1n) is 15.8. The summed E-state index contributed by atoms with van der Waals surface area (Å²) in [6.45, 7) is 5.49. The van der Waals surface area contributed by atoms with Gasteiger partial charge in [0.15, 0.2) is 0 Å². The lowest BCUT2D eigenvalue weighted by Gasteiger charge is -2.41. The van der Waals surface area contributed by atoms with Crippen molar-refractivity contribution < 1.29 is 17.9 Å². The van der Waals surface area contributed by atoms with Crippen LogP contribution in [0.25, 0.3) is 0 Å². The van der Waals surface area contributed by atoms with Crippen LogP contribution in [0.1, 0.15) is 89.5 Å². The van der Waals surface area contributed by atoms with Crippen LogP contribution in [0.4, 0.5) is 0 Å². The topological polar surface area (TPSA) is 114 Å². The van der Waals surface area contributed by atoms with Crippen LogP contribution < -0.4 is 16.4 Å². The Morgan fingerprint density at radius 2 is 1.80 bits per heavy atom. The summed E-state index contributed by atoms with van der Waals surface area (Å²) in [7, 11) is -3.21. The molecule has 4 fully saturated rings. The molecular weight excluding hydrogens is 560 g/mol. The molecule has 1 amide bonds. The second kappa shape index (κ2) is 13.6. The number of sulfonamides is 1. The van der Waals surface area contributed by atoms with Crippen molar-refractivity contribution in [2.24, 2.45) is 17.6 Å². The molecule has 4 aliphatic rings. The molecule has 2 bridgehead atoms. The molecule has 1 aromatic rings. The number of carbonyl (C=O) groups is 1. The molecule has 1 aromatic carbocycles. The van der Waals surface area contributed by atoms with Gasteiger partial charge in [0, 0.05) is 42.2 Å². The molecule has 1 saturated carbocycles. The molecule has 5 rings (SSSR count). The van der Waals surface area contributed by atoms with Crippen molar-refractivity contribution in [1.29, 1.82) is 0 Å². The number of nitrogens with one attached hydrogen (secondary N) is 2. The first-order valence-corrected chi connectivity index (χ1v) is 17.8. The Labute approximate surface area is 251 Å². The lowest BCUT2D eigenvalue weighted by atomic mass is 9.74. The Balaban J connectivity index is 1.26. The van der Waals surface area contributed by atoms with E-state index in [4.69, 9.17) is 22.1 Å². The van der Waals surface area contributed by atoms with E-state index >= 15 is 0 Å². The molecular formula is C31H49ClN4O4S. The van der Waals surface area contributed by atoms with E-state index in [2.05, 4.69) is 24.5 Å². The fraction of sp³-hybridized carbons (Fsp3) is 0.774. The molecule has 1 aliphatic carbocycles. The largest absolute Gasteiger partial charge is 0.376 e. The monoisotopic (exact) mass is 608 g/mol. The van der Waals surface area contributed by atoms with Crippen molar-refractivity contribution in [3.8, 4) is 0 Å². The predicted octanol–water partition coefficient (Wildman–Crippen LogP) is 4.18. The highest BCUT2D eigenvalue weighted by molar-refractivity contribution is 7.89. The van der Waals surface area contributed by atoms with Gasteiger partial charge in [-0.1, -0.05) is 36.6 Å². The van der Waals surface area contributed by atoms with E-state index in [1.54, 1.807) is 4.31 Å². The molecule has 10 atom stereocenters. The van der Waals surface area contributed by atoms with Crippen LogP contribution in [0.2, 0.25) is 5.02 Å². The molecule has 3 heterocycles. The molecule has 0 radical (unpaired) electrons. The van der Waals surface area contributed by atoms with E-state index in [9.17, 15) is 13.2 Å². The van der Waals surface area contributed by atoms with Crippen LogP contribution in [-0.4, -0.2) is 73.8 Å². The summed E-state index contributed by atoms with van der Waals surface area (Å²) in [6.07, 6.45) is 9.53. The maximum atomic E-state index is 13.8. The van der Waals surface area contributed by atoms with E-state index < -0.39 is 16.1 Å². The Morgan fingerprint density at radius 3 is 2.54 bits per heavy atom. The van der Waals surface area contributed by atoms with Gasteiger partial charge in [-0.15, -0.1) is 0 Å². The minimum absolute atomic E-state index is 0.0123. The number of hydrogen-bond acceptors (Lipinski definition) is 6. The van der Waals surface area contributed by atoms with Crippen LogP contribution in [0, 0.1) is 11.8 Å². The lowest BCUT2D eigenvalue weighted by molar-refractivity contribution is -0.125. The van der Waals surface area contributed by atoms with Crippen molar-refractivity contribution in [3.05, 3.63) is 34.9 Å². The Bertz CT molecular complexity index is 1130. The summed E-state index contributed by atoms with van der Waals surface area (Å²) in [6, 6.07) is 7.41. The van der Waals surface area contributed by atoms with Gasteiger partial charge in [0.05, 0.1) is 24.0 Å². The number of hydrogen-bond donors (Lipinski definition) is 3. The van der Waals surface area contributed by atoms with Crippen LogP contribution in [-0.2, 0) is 19.6 Å². The normalized spacial score (nSPS) is 37.0. The summed E-state index contributed by atoms with van der Waals surface area (Å²) in [5.74, 6) is 0.588. The second-order valence-electron chi connectivity index (χ2n) is 13.1. The minimum atomic E-state index is -3.21. The molecule has 230 valence electrons. The number of ether oxygens (including phenoxy) is 1. The van der Waals surface area contributed by atoms with Crippen LogP contribution in [0.3, 0.4) is 0 Å². The van der Waals surface area contributed by atoms with Gasteiger partial charge in [0.2, 0.25) is 15.9 Å². The highest BCUT2D eigenvalue weighted by Crippen LogP contribution is 2.39. The molecule has 0 spiro atoms. The SMILES string of the molecule is C[C@@H]1CC(C(c2ccc(Cl)cc2)C(N)C(=O)N[C@H]2CCCC[C@@H]2CC[C@H]2CN[C@@H]3CCCS(=O)(=O)N2C3)C[C@H](C)O1. The van der Waals surface area contributed by atoms with Crippen molar-refractivity contribution in [2.75, 3.05) is 18.8 Å². The number of nitrogens with two attached hydrogens (primary N) is 1. The molecule has 4 N–H and O–H groups in total. The standard InChI is InChI=1S/C31H49ClN4O4S/c1-20-16-24(17-21(2)40-20)29(23-9-12-25(32)13-10-23)30(33)31(37)35-28-8-4-3-6-22(28)11-14-27-18-34-26-7-5-15-41(38,39)36(27)19-26/h9-10,12-13,20-22,24,26-30,34H,3-8,11,14-19,33H2,1-2H3,(H,35,37)/t20-,21+,22-,24?,26-,27+,28+,29?,30?/m1/s1. The van der Waals surface area contributed by atoms with Gasteiger partial charge in [-0.3, -0.25) is 4.79 Å². The average Bonchev–Trinajstić information content (AvgIpc) is 3.04. The lowest BCUT2D eigenvalue weighted by Crippen LogP contribution is -2.57. The molecule has 8 nitrogen and oxygen atoms in total. The zero-order valence-corrected chi connectivity index (χ0v) is 26.2. The van der Waals surface area contributed by atoms with Gasteiger partial charge >= 0.3 is 0 Å². The van der Waals surface area contributed by atoms with Crippen molar-refractivity contribution in [3.63, 3.8) is 0 Å². The number of amides is 1. The molecule has 10 heteroatoms. The number of halogens is 1. The van der Waals surface area contributed by atoms with Gasteiger partial charge in [-0.2, -0.15) is 4.31 Å². The number of fused-ring (bicyclic) bond motifs is 2. The van der Waals surface area contributed by atoms with Gasteiger partial charge in [-0.25, -0.2) is 8.42 Å².